The van der Waals surface area contributed by atoms with E-state index in [4.69, 9.17) is 5.11 Å². The fourth-order valence-electron chi connectivity index (χ4n) is 3.57. The summed E-state index contributed by atoms with van der Waals surface area (Å²) in [7, 11) is 0. The maximum Gasteiger partial charge on any atom is 0.305 e. The van der Waals surface area contributed by atoms with E-state index in [0.29, 0.717) is 5.69 Å². The van der Waals surface area contributed by atoms with Crippen LogP contribution < -0.4 is 20.7 Å². The molecule has 0 aliphatic heterocycles. The molecule has 0 aliphatic carbocycles. The first kappa shape index (κ1) is 32.5. The minimum atomic E-state index is -1.90. The normalized spacial score (nSPS) is 14.6. The fourth-order valence-corrected chi connectivity index (χ4v) is 3.57. The zero-order valence-corrected chi connectivity index (χ0v) is 22.1. The molecule has 10 nitrogen and oxygen atoms in total. The summed E-state index contributed by atoms with van der Waals surface area (Å²) in [4.78, 5) is 36.3. The van der Waals surface area contributed by atoms with Crippen molar-refractivity contribution in [3.63, 3.8) is 0 Å². The van der Waals surface area contributed by atoms with Crippen LogP contribution >= 0.6 is 0 Å². The van der Waals surface area contributed by atoms with E-state index in [1.54, 1.807) is 18.2 Å². The van der Waals surface area contributed by atoms with Gasteiger partial charge in [-0.2, -0.15) is 8.78 Å². The molecule has 0 radical (unpaired) electrons. The second-order valence-electron chi connectivity index (χ2n) is 9.95. The number of carboxylic acids is 1. The van der Waals surface area contributed by atoms with Crippen LogP contribution in [0.25, 0.3) is 0 Å². The third-order valence-corrected chi connectivity index (χ3v) is 5.69. The molecule has 1 amide bonds. The molecule has 0 fully saturated rings. The number of para-hydroxylation sites is 1. The molecule has 0 heterocycles. The van der Waals surface area contributed by atoms with Crippen LogP contribution in [0.4, 0.5) is 23.2 Å². The number of benzene rings is 2. The molecule has 40 heavy (non-hydrogen) atoms. The van der Waals surface area contributed by atoms with Gasteiger partial charge >= 0.3 is 5.97 Å². The standard InChI is InChI=1S/C26H31F4N3O7/c1-12(31-24(38)25(39)32-16-8-6-5-7-13(16)26(2,3)4)23(37)33-17(10-19(35)36)18(34)11-40-22-20(29)14(27)9-15(28)21(22)30/h5-9,12,17,23,25,32-33,37,39H,10-11H2,1-4H3,(H,31,38)(H,35,36)/t12-,17-,23?,25?/m0/s1. The van der Waals surface area contributed by atoms with Crippen LogP contribution in [0.15, 0.2) is 30.3 Å². The Morgan fingerprint density at radius 2 is 1.57 bits per heavy atom. The number of carboxylic acid groups (broad SMARTS) is 1. The van der Waals surface area contributed by atoms with Crippen molar-refractivity contribution in [1.29, 1.82) is 0 Å². The van der Waals surface area contributed by atoms with Crippen molar-refractivity contribution < 1.29 is 52.0 Å². The van der Waals surface area contributed by atoms with Gasteiger partial charge in [0.15, 0.2) is 23.2 Å². The maximum atomic E-state index is 13.8. The van der Waals surface area contributed by atoms with E-state index in [9.17, 15) is 42.2 Å². The average molecular weight is 574 g/mol. The van der Waals surface area contributed by atoms with Crippen LogP contribution in [0.5, 0.6) is 5.75 Å². The molecular formula is C26H31F4N3O7. The average Bonchev–Trinajstić information content (AvgIpc) is 2.86. The third-order valence-electron chi connectivity index (χ3n) is 5.69. The molecule has 0 aromatic heterocycles. The molecule has 14 heteroatoms. The number of amides is 1. The van der Waals surface area contributed by atoms with Crippen LogP contribution in [-0.4, -0.2) is 64.1 Å². The summed E-state index contributed by atoms with van der Waals surface area (Å²) < 4.78 is 58.9. The minimum Gasteiger partial charge on any atom is -0.481 e. The number of ether oxygens (including phenoxy) is 1. The highest BCUT2D eigenvalue weighted by Crippen LogP contribution is 2.29. The maximum absolute atomic E-state index is 13.8. The van der Waals surface area contributed by atoms with E-state index in [1.807, 2.05) is 26.8 Å². The SMILES string of the molecule is C[C@H](NC(=O)C(O)Nc1ccccc1C(C)(C)C)C(O)N[C@@H](CC(=O)O)C(=O)COc1c(F)c(F)cc(F)c1F. The van der Waals surface area contributed by atoms with Crippen LogP contribution in [-0.2, 0) is 19.8 Å². The van der Waals surface area contributed by atoms with Gasteiger partial charge in [-0.05, 0) is 24.0 Å². The van der Waals surface area contributed by atoms with Gasteiger partial charge in [0, 0.05) is 11.8 Å². The quantitative estimate of drug-likeness (QED) is 0.120. The Morgan fingerprint density at radius 1 is 1.00 bits per heavy atom. The van der Waals surface area contributed by atoms with Crippen molar-refractivity contribution in [2.24, 2.45) is 0 Å². The van der Waals surface area contributed by atoms with Gasteiger partial charge < -0.3 is 30.7 Å². The highest BCUT2D eigenvalue weighted by Gasteiger charge is 2.30. The number of carbonyl (C=O) groups excluding carboxylic acids is 2. The summed E-state index contributed by atoms with van der Waals surface area (Å²) in [6.07, 6.45) is -4.44. The Kier molecular flexibility index (Phi) is 11.0. The first-order valence-corrected chi connectivity index (χ1v) is 12.0. The van der Waals surface area contributed by atoms with E-state index in [-0.39, 0.29) is 11.5 Å². The molecular weight excluding hydrogens is 542 g/mol. The van der Waals surface area contributed by atoms with Gasteiger partial charge in [-0.15, -0.1) is 0 Å². The van der Waals surface area contributed by atoms with E-state index in [2.05, 4.69) is 20.7 Å². The molecule has 4 atom stereocenters. The van der Waals surface area contributed by atoms with E-state index < -0.39 is 84.2 Å². The minimum absolute atomic E-state index is 0.0595. The number of anilines is 1. The molecule has 0 aliphatic rings. The Hall–Kier alpha value is -3.75. The fraction of sp³-hybridized carbons (Fsp3) is 0.423. The molecule has 220 valence electrons. The summed E-state index contributed by atoms with van der Waals surface area (Å²) in [5.41, 5.74) is 0.986. The lowest BCUT2D eigenvalue weighted by atomic mass is 9.86. The van der Waals surface area contributed by atoms with E-state index >= 15 is 0 Å². The predicted octanol–water partition coefficient (Wildman–Crippen LogP) is 2.17. The number of aliphatic hydroxyl groups excluding tert-OH is 2. The summed E-state index contributed by atoms with van der Waals surface area (Å²) in [6.45, 7) is 5.88. The van der Waals surface area contributed by atoms with Crippen LogP contribution in [0, 0.1) is 23.3 Å². The number of halogens is 4. The van der Waals surface area contributed by atoms with Gasteiger partial charge in [-0.3, -0.25) is 19.7 Å². The molecule has 2 unspecified atom stereocenters. The van der Waals surface area contributed by atoms with Crippen molar-refractivity contribution >= 4 is 23.3 Å². The Bertz CT molecular complexity index is 1210. The largest absolute Gasteiger partial charge is 0.481 e. The zero-order valence-electron chi connectivity index (χ0n) is 22.1. The number of Topliss-reactive ketones (excluding diaryl/α,β-unsaturated/α-hetero) is 1. The lowest BCUT2D eigenvalue weighted by molar-refractivity contribution is -0.140. The number of ketones is 1. The Morgan fingerprint density at radius 3 is 2.12 bits per heavy atom. The Labute approximate surface area is 227 Å². The topological polar surface area (TPSA) is 157 Å². The van der Waals surface area contributed by atoms with Crippen molar-refractivity contribution in [3.8, 4) is 5.75 Å². The summed E-state index contributed by atoms with van der Waals surface area (Å²) >= 11 is 0. The van der Waals surface area contributed by atoms with Crippen molar-refractivity contribution in [1.82, 2.24) is 10.6 Å². The number of rotatable bonds is 13. The lowest BCUT2D eigenvalue weighted by Crippen LogP contribution is -2.56. The number of aliphatic carboxylic acids is 1. The second kappa shape index (κ2) is 13.5. The van der Waals surface area contributed by atoms with Crippen molar-refractivity contribution in [2.45, 2.75) is 64.1 Å². The third kappa shape index (κ3) is 8.63. The van der Waals surface area contributed by atoms with Gasteiger partial charge in [0.25, 0.3) is 5.91 Å². The molecule has 6 N–H and O–H groups in total. The van der Waals surface area contributed by atoms with Crippen LogP contribution in [0.3, 0.4) is 0 Å². The molecule has 0 spiro atoms. The predicted molar refractivity (Wildman–Crippen MR) is 134 cm³/mol. The molecule has 0 saturated carbocycles. The van der Waals surface area contributed by atoms with Gasteiger partial charge in [0.05, 0.1) is 18.5 Å². The van der Waals surface area contributed by atoms with E-state index in [1.165, 1.54) is 6.92 Å². The molecule has 0 saturated heterocycles. The molecule has 0 bridgehead atoms. The molecule has 2 aromatic carbocycles. The summed E-state index contributed by atoms with van der Waals surface area (Å²) in [5, 5.41) is 37.1. The monoisotopic (exact) mass is 573 g/mol. The highest BCUT2D eigenvalue weighted by molar-refractivity contribution is 5.89. The first-order valence-electron chi connectivity index (χ1n) is 12.0. The van der Waals surface area contributed by atoms with Crippen molar-refractivity contribution in [3.05, 3.63) is 59.2 Å². The second-order valence-corrected chi connectivity index (χ2v) is 9.95. The summed E-state index contributed by atoms with van der Waals surface area (Å²) in [5.74, 6) is -12.5. The van der Waals surface area contributed by atoms with Crippen LogP contribution in [0.1, 0.15) is 39.7 Å². The highest BCUT2D eigenvalue weighted by atomic mass is 19.2. The molecule has 2 rings (SSSR count). The number of nitrogens with one attached hydrogen (secondary N) is 3. The Balaban J connectivity index is 2.04. The zero-order chi connectivity index (χ0) is 30.4. The van der Waals surface area contributed by atoms with Gasteiger partial charge in [0.1, 0.15) is 12.8 Å². The van der Waals surface area contributed by atoms with Crippen molar-refractivity contribution in [2.75, 3.05) is 11.9 Å². The summed E-state index contributed by atoms with van der Waals surface area (Å²) in [6, 6.07) is 4.02. The number of carbonyl (C=O) groups is 3. The smallest absolute Gasteiger partial charge is 0.305 e. The van der Waals surface area contributed by atoms with Crippen LogP contribution in [0.2, 0.25) is 0 Å². The van der Waals surface area contributed by atoms with Gasteiger partial charge in [0.2, 0.25) is 17.9 Å². The first-order chi connectivity index (χ1) is 18.5. The molecule has 2 aromatic rings. The number of hydrogen-bond donors (Lipinski definition) is 6. The van der Waals surface area contributed by atoms with E-state index in [0.717, 1.165) is 5.56 Å². The number of aliphatic hydroxyl groups is 2. The van der Waals surface area contributed by atoms with Gasteiger partial charge in [-0.25, -0.2) is 8.78 Å². The number of hydrogen-bond acceptors (Lipinski definition) is 8. The van der Waals surface area contributed by atoms with Gasteiger partial charge in [-0.1, -0.05) is 39.0 Å². The lowest BCUT2D eigenvalue weighted by Gasteiger charge is -2.27.